The molecule has 1 aliphatic heterocycles. The highest BCUT2D eigenvalue weighted by Crippen LogP contribution is 2.23. The van der Waals surface area contributed by atoms with Crippen LogP contribution < -0.4 is 0 Å². The molecule has 102 valence electrons. The van der Waals surface area contributed by atoms with Crippen molar-refractivity contribution in [1.82, 2.24) is 4.90 Å². The summed E-state index contributed by atoms with van der Waals surface area (Å²) in [4.78, 5) is 24.8. The van der Waals surface area contributed by atoms with Gasteiger partial charge in [0.1, 0.15) is 11.6 Å². The zero-order chi connectivity index (χ0) is 13.9. The number of hydrogen-bond acceptors (Lipinski definition) is 6. The van der Waals surface area contributed by atoms with E-state index in [1.165, 1.54) is 12.0 Å². The van der Waals surface area contributed by atoms with E-state index in [9.17, 15) is 9.59 Å². The van der Waals surface area contributed by atoms with E-state index >= 15 is 0 Å². The van der Waals surface area contributed by atoms with Gasteiger partial charge in [0.15, 0.2) is 0 Å². The highest BCUT2D eigenvalue weighted by atomic mass is 16.6. The van der Waals surface area contributed by atoms with E-state index in [0.29, 0.717) is 6.42 Å². The van der Waals surface area contributed by atoms with Gasteiger partial charge in [-0.15, -0.1) is 0 Å². The molecule has 18 heavy (non-hydrogen) atoms. The molecule has 1 fully saturated rings. The number of esters is 1. The fourth-order valence-electron chi connectivity index (χ4n) is 1.79. The molecule has 1 aliphatic rings. The number of rotatable bonds is 2. The van der Waals surface area contributed by atoms with E-state index in [-0.39, 0.29) is 12.6 Å². The van der Waals surface area contributed by atoms with Crippen LogP contribution in [0.5, 0.6) is 0 Å². The normalized spacial score (nSPS) is 23.7. The van der Waals surface area contributed by atoms with Crippen molar-refractivity contribution in [1.29, 1.82) is 5.53 Å². The van der Waals surface area contributed by atoms with Crippen LogP contribution in [0.15, 0.2) is 5.11 Å². The summed E-state index contributed by atoms with van der Waals surface area (Å²) >= 11 is 0. The summed E-state index contributed by atoms with van der Waals surface area (Å²) in [6.45, 7) is 5.46. The lowest BCUT2D eigenvalue weighted by molar-refractivity contribution is -0.145. The lowest BCUT2D eigenvalue weighted by atomic mass is 10.2. The fraction of sp³-hybridized carbons (Fsp3) is 0.818. The predicted octanol–water partition coefficient (Wildman–Crippen LogP) is 1.57. The van der Waals surface area contributed by atoms with E-state index < -0.39 is 23.7 Å². The van der Waals surface area contributed by atoms with Gasteiger partial charge < -0.3 is 9.47 Å². The average Bonchev–Trinajstić information content (AvgIpc) is 2.69. The maximum absolute atomic E-state index is 11.9. The molecular formula is C11H19N3O4. The number of likely N-dealkylation sites (tertiary alicyclic amines) is 1. The maximum Gasteiger partial charge on any atom is 0.411 e. The number of ether oxygens (including phenoxy) is 2. The van der Waals surface area contributed by atoms with E-state index in [2.05, 4.69) is 9.85 Å². The molecule has 0 aromatic carbocycles. The summed E-state index contributed by atoms with van der Waals surface area (Å²) in [5, 5.41) is 3.38. The first kappa shape index (κ1) is 14.4. The summed E-state index contributed by atoms with van der Waals surface area (Å²) in [6, 6.07) is -1.09. The second-order valence-corrected chi connectivity index (χ2v) is 5.19. The van der Waals surface area contributed by atoms with E-state index in [1.54, 1.807) is 20.8 Å². The van der Waals surface area contributed by atoms with Crippen molar-refractivity contribution in [3.63, 3.8) is 0 Å². The Hall–Kier alpha value is -1.66. The first-order chi connectivity index (χ1) is 8.28. The largest absolute Gasteiger partial charge is 0.467 e. The summed E-state index contributed by atoms with van der Waals surface area (Å²) in [6.07, 6.45) is -0.279. The molecule has 1 heterocycles. The Morgan fingerprint density at radius 2 is 2.00 bits per heavy atom. The van der Waals surface area contributed by atoms with Crippen LogP contribution in [-0.4, -0.2) is 48.3 Å². The van der Waals surface area contributed by atoms with Gasteiger partial charge in [0.25, 0.3) is 0 Å². The standard InChI is InChI=1S/C11H19N3O4/c1-11(2,3)18-10(16)14-6-7(13-12)5-8(14)9(15)17-4/h7-8,12H,5-6H2,1-4H3/t7-,8-/m0/s1. The molecule has 0 aromatic heterocycles. The summed E-state index contributed by atoms with van der Waals surface area (Å²) in [5.41, 5.74) is 6.36. The Kier molecular flexibility index (Phi) is 4.26. The van der Waals surface area contributed by atoms with Crippen LogP contribution in [0.4, 0.5) is 4.79 Å². The molecule has 7 heteroatoms. The van der Waals surface area contributed by atoms with Gasteiger partial charge in [0, 0.05) is 13.0 Å². The molecule has 0 aliphatic carbocycles. The van der Waals surface area contributed by atoms with Crippen molar-refractivity contribution in [3.05, 3.63) is 0 Å². The zero-order valence-corrected chi connectivity index (χ0v) is 11.1. The molecular weight excluding hydrogens is 238 g/mol. The van der Waals surface area contributed by atoms with Gasteiger partial charge in [-0.05, 0) is 20.8 Å². The molecule has 0 spiro atoms. The Balaban J connectivity index is 2.80. The quantitative estimate of drug-likeness (QED) is 0.600. The number of hydrogen-bond donors (Lipinski definition) is 1. The third-order valence-electron chi connectivity index (χ3n) is 2.56. The Bertz CT molecular complexity index is 351. The molecule has 0 bridgehead atoms. The van der Waals surface area contributed by atoms with Crippen LogP contribution in [0.2, 0.25) is 0 Å². The van der Waals surface area contributed by atoms with Crippen LogP contribution in [-0.2, 0) is 14.3 Å². The second-order valence-electron chi connectivity index (χ2n) is 5.19. The maximum atomic E-state index is 11.9. The number of nitrogens with one attached hydrogen (secondary N) is 1. The van der Waals surface area contributed by atoms with Crippen LogP contribution in [0.1, 0.15) is 27.2 Å². The number of methoxy groups -OCH3 is 1. The topological polar surface area (TPSA) is 92.0 Å². The smallest absolute Gasteiger partial charge is 0.411 e. The second kappa shape index (κ2) is 5.32. The molecule has 1 rings (SSSR count). The predicted molar refractivity (Wildman–Crippen MR) is 62.3 cm³/mol. The van der Waals surface area contributed by atoms with Crippen molar-refractivity contribution in [2.75, 3.05) is 13.7 Å². The molecule has 7 nitrogen and oxygen atoms in total. The third-order valence-corrected chi connectivity index (χ3v) is 2.56. The monoisotopic (exact) mass is 257 g/mol. The van der Waals surface area contributed by atoms with Gasteiger partial charge in [0.2, 0.25) is 0 Å². The van der Waals surface area contributed by atoms with Crippen molar-refractivity contribution in [2.45, 2.75) is 44.9 Å². The minimum atomic E-state index is -0.719. The van der Waals surface area contributed by atoms with Gasteiger partial charge in [0.05, 0.1) is 13.2 Å². The Morgan fingerprint density at radius 3 is 2.44 bits per heavy atom. The third kappa shape index (κ3) is 3.41. The highest BCUT2D eigenvalue weighted by Gasteiger charge is 2.42. The first-order valence-electron chi connectivity index (χ1n) is 5.72. The lowest BCUT2D eigenvalue weighted by Crippen LogP contribution is -2.43. The average molecular weight is 257 g/mol. The molecule has 0 saturated carbocycles. The molecule has 2 atom stereocenters. The minimum Gasteiger partial charge on any atom is -0.467 e. The van der Waals surface area contributed by atoms with Gasteiger partial charge in [-0.1, -0.05) is 0 Å². The molecule has 0 aromatic rings. The lowest BCUT2D eigenvalue weighted by Gasteiger charge is -2.27. The van der Waals surface area contributed by atoms with Crippen molar-refractivity contribution in [2.24, 2.45) is 5.11 Å². The number of amides is 1. The van der Waals surface area contributed by atoms with Gasteiger partial charge in [-0.25, -0.2) is 15.1 Å². The molecule has 0 radical (unpaired) electrons. The molecule has 0 unspecified atom stereocenters. The first-order valence-corrected chi connectivity index (χ1v) is 5.72. The fourth-order valence-corrected chi connectivity index (χ4v) is 1.79. The van der Waals surface area contributed by atoms with Crippen LogP contribution in [0.25, 0.3) is 0 Å². The highest BCUT2D eigenvalue weighted by molar-refractivity contribution is 5.82. The van der Waals surface area contributed by atoms with Gasteiger partial charge in [-0.2, -0.15) is 5.11 Å². The zero-order valence-electron chi connectivity index (χ0n) is 11.1. The summed E-state index contributed by atoms with van der Waals surface area (Å²) < 4.78 is 9.86. The number of carbonyl (C=O) groups is 2. The van der Waals surface area contributed by atoms with Crippen LogP contribution in [0.3, 0.4) is 0 Å². The Morgan fingerprint density at radius 1 is 1.39 bits per heavy atom. The van der Waals surface area contributed by atoms with Gasteiger partial charge in [-0.3, -0.25) is 4.90 Å². The van der Waals surface area contributed by atoms with E-state index in [1.807, 2.05) is 0 Å². The molecule has 1 N–H and O–H groups in total. The van der Waals surface area contributed by atoms with Crippen LogP contribution in [0, 0.1) is 5.53 Å². The number of carbonyl (C=O) groups excluding carboxylic acids is 2. The van der Waals surface area contributed by atoms with Crippen molar-refractivity contribution >= 4 is 12.1 Å². The van der Waals surface area contributed by atoms with E-state index in [0.717, 1.165) is 0 Å². The summed E-state index contributed by atoms with van der Waals surface area (Å²) in [5.74, 6) is -0.507. The van der Waals surface area contributed by atoms with Gasteiger partial charge >= 0.3 is 12.1 Å². The summed E-state index contributed by atoms with van der Waals surface area (Å²) in [7, 11) is 1.26. The molecule has 1 saturated heterocycles. The SMILES string of the molecule is COC(=O)[C@@H]1C[C@H](N=N)CN1C(=O)OC(C)(C)C. The Labute approximate surface area is 106 Å². The van der Waals surface area contributed by atoms with Crippen LogP contribution >= 0.6 is 0 Å². The van der Waals surface area contributed by atoms with E-state index in [4.69, 9.17) is 10.3 Å². The van der Waals surface area contributed by atoms with Crippen molar-refractivity contribution in [3.8, 4) is 0 Å². The number of nitrogens with zero attached hydrogens (tertiary/aromatic N) is 2. The minimum absolute atomic E-state index is 0.207. The van der Waals surface area contributed by atoms with Crippen molar-refractivity contribution < 1.29 is 19.1 Å². The molecule has 1 amide bonds.